The molecule has 2 aliphatic heterocycles. The van der Waals surface area contributed by atoms with E-state index in [9.17, 15) is 4.79 Å². The number of carbonyl (C=O) groups excluding carboxylic acids is 1. The summed E-state index contributed by atoms with van der Waals surface area (Å²) in [4.78, 5) is 19.0. The van der Waals surface area contributed by atoms with Crippen LogP contribution in [-0.4, -0.2) is 28.4 Å². The SMILES string of the molecule is O=C(C1CC(c2ccco2)NN1)N1CCCC1c1ccncc1. The molecule has 23 heavy (non-hydrogen) atoms. The first kappa shape index (κ1) is 14.4. The highest BCUT2D eigenvalue weighted by atomic mass is 16.3. The van der Waals surface area contributed by atoms with Gasteiger partial charge in [-0.15, -0.1) is 0 Å². The molecule has 0 aromatic carbocycles. The predicted molar refractivity (Wildman–Crippen MR) is 84.1 cm³/mol. The Bertz CT molecular complexity index is 658. The van der Waals surface area contributed by atoms with Gasteiger partial charge in [0.05, 0.1) is 18.3 Å². The number of nitrogens with zero attached hydrogens (tertiary/aromatic N) is 2. The molecule has 4 rings (SSSR count). The lowest BCUT2D eigenvalue weighted by Crippen LogP contribution is -2.45. The third kappa shape index (κ3) is 2.75. The smallest absolute Gasteiger partial charge is 0.241 e. The molecule has 1 amide bonds. The van der Waals surface area contributed by atoms with Crippen molar-refractivity contribution in [3.8, 4) is 0 Å². The molecule has 0 bridgehead atoms. The number of hydrogen-bond acceptors (Lipinski definition) is 5. The number of hydrazine groups is 1. The lowest BCUT2D eigenvalue weighted by Gasteiger charge is -2.27. The van der Waals surface area contributed by atoms with Gasteiger partial charge < -0.3 is 9.32 Å². The van der Waals surface area contributed by atoms with E-state index < -0.39 is 0 Å². The van der Waals surface area contributed by atoms with Gasteiger partial charge in [0.15, 0.2) is 0 Å². The summed E-state index contributed by atoms with van der Waals surface area (Å²) < 4.78 is 5.43. The van der Waals surface area contributed by atoms with Gasteiger partial charge in [0.25, 0.3) is 0 Å². The number of likely N-dealkylation sites (tertiary alicyclic amines) is 1. The molecular formula is C17H20N4O2. The lowest BCUT2D eigenvalue weighted by atomic mass is 10.0. The Kier molecular flexibility index (Phi) is 3.85. The van der Waals surface area contributed by atoms with Crippen molar-refractivity contribution in [2.24, 2.45) is 0 Å². The zero-order valence-corrected chi connectivity index (χ0v) is 12.8. The number of pyridine rings is 1. The largest absolute Gasteiger partial charge is 0.468 e. The summed E-state index contributed by atoms with van der Waals surface area (Å²) in [6.07, 6.45) is 7.99. The third-order valence-corrected chi connectivity index (χ3v) is 4.71. The number of carbonyl (C=O) groups is 1. The molecule has 2 aliphatic rings. The summed E-state index contributed by atoms with van der Waals surface area (Å²) in [5.74, 6) is 1.02. The van der Waals surface area contributed by atoms with Gasteiger partial charge in [0.2, 0.25) is 5.91 Å². The van der Waals surface area contributed by atoms with E-state index in [0.717, 1.165) is 25.1 Å². The van der Waals surface area contributed by atoms with Crippen molar-refractivity contribution in [1.82, 2.24) is 20.7 Å². The van der Waals surface area contributed by atoms with Crippen LogP contribution in [-0.2, 0) is 4.79 Å². The van der Waals surface area contributed by atoms with Gasteiger partial charge in [-0.05, 0) is 49.1 Å². The van der Waals surface area contributed by atoms with Crippen molar-refractivity contribution >= 4 is 5.91 Å². The summed E-state index contributed by atoms with van der Waals surface area (Å²) >= 11 is 0. The van der Waals surface area contributed by atoms with Gasteiger partial charge in [-0.25, -0.2) is 10.9 Å². The Morgan fingerprint density at radius 1 is 1.26 bits per heavy atom. The number of aromatic nitrogens is 1. The zero-order chi connectivity index (χ0) is 15.6. The van der Waals surface area contributed by atoms with E-state index in [1.54, 1.807) is 18.7 Å². The Balaban J connectivity index is 1.46. The Labute approximate surface area is 134 Å². The molecule has 2 saturated heterocycles. The van der Waals surface area contributed by atoms with Gasteiger partial charge in [-0.1, -0.05) is 0 Å². The fraction of sp³-hybridized carbons (Fsp3) is 0.412. The van der Waals surface area contributed by atoms with Crippen LogP contribution in [0.15, 0.2) is 47.3 Å². The van der Waals surface area contributed by atoms with Crippen molar-refractivity contribution in [2.75, 3.05) is 6.54 Å². The number of furan rings is 1. The fourth-order valence-electron chi connectivity index (χ4n) is 3.56. The average Bonchev–Trinajstić information content (AvgIpc) is 3.35. The molecule has 6 heteroatoms. The number of hydrogen-bond donors (Lipinski definition) is 2. The molecule has 0 aliphatic carbocycles. The standard InChI is InChI=1S/C17H20N4O2/c22-17(14-11-13(19-20-14)16-4-2-10-23-16)21-9-1-3-15(21)12-5-7-18-8-6-12/h2,4-8,10,13-15,19-20H,1,3,9,11H2. The third-order valence-electron chi connectivity index (χ3n) is 4.71. The zero-order valence-electron chi connectivity index (χ0n) is 12.8. The van der Waals surface area contributed by atoms with Crippen LogP contribution in [0.25, 0.3) is 0 Å². The molecule has 0 spiro atoms. The van der Waals surface area contributed by atoms with E-state index in [4.69, 9.17) is 4.42 Å². The van der Waals surface area contributed by atoms with Crippen LogP contribution in [0.4, 0.5) is 0 Å². The van der Waals surface area contributed by atoms with Crippen molar-refractivity contribution in [3.63, 3.8) is 0 Å². The topological polar surface area (TPSA) is 70.4 Å². The molecule has 4 heterocycles. The van der Waals surface area contributed by atoms with E-state index in [1.807, 2.05) is 29.2 Å². The summed E-state index contributed by atoms with van der Waals surface area (Å²) in [5.41, 5.74) is 7.46. The molecule has 2 aromatic rings. The van der Waals surface area contributed by atoms with Gasteiger partial charge in [-0.2, -0.15) is 0 Å². The van der Waals surface area contributed by atoms with Crippen LogP contribution in [0.1, 0.15) is 42.7 Å². The minimum absolute atomic E-state index is 0.0425. The van der Waals surface area contributed by atoms with E-state index in [-0.39, 0.29) is 24.0 Å². The van der Waals surface area contributed by atoms with E-state index in [1.165, 1.54) is 5.56 Å². The molecule has 2 aromatic heterocycles. The van der Waals surface area contributed by atoms with Crippen LogP contribution in [0.3, 0.4) is 0 Å². The summed E-state index contributed by atoms with van der Waals surface area (Å²) in [6.45, 7) is 0.815. The van der Waals surface area contributed by atoms with Gasteiger partial charge in [0, 0.05) is 18.9 Å². The second-order valence-electron chi connectivity index (χ2n) is 6.12. The second kappa shape index (κ2) is 6.14. The first-order valence-electron chi connectivity index (χ1n) is 8.08. The normalized spacial score (nSPS) is 27.5. The van der Waals surface area contributed by atoms with Gasteiger partial charge in [-0.3, -0.25) is 9.78 Å². The van der Waals surface area contributed by atoms with Crippen LogP contribution >= 0.6 is 0 Å². The van der Waals surface area contributed by atoms with Crippen LogP contribution < -0.4 is 10.9 Å². The maximum Gasteiger partial charge on any atom is 0.241 e. The Hall–Kier alpha value is -2.18. The highest BCUT2D eigenvalue weighted by molar-refractivity contribution is 5.83. The highest BCUT2D eigenvalue weighted by Crippen LogP contribution is 2.33. The Morgan fingerprint density at radius 3 is 2.91 bits per heavy atom. The van der Waals surface area contributed by atoms with Gasteiger partial charge in [0.1, 0.15) is 11.8 Å². The number of rotatable bonds is 3. The monoisotopic (exact) mass is 312 g/mol. The second-order valence-corrected chi connectivity index (χ2v) is 6.12. The lowest BCUT2D eigenvalue weighted by molar-refractivity contribution is -0.134. The summed E-state index contributed by atoms with van der Waals surface area (Å²) in [7, 11) is 0. The molecule has 2 N–H and O–H groups in total. The van der Waals surface area contributed by atoms with Crippen LogP contribution in [0.2, 0.25) is 0 Å². The first-order chi connectivity index (χ1) is 11.3. The molecule has 3 atom stereocenters. The number of nitrogens with one attached hydrogen (secondary N) is 2. The van der Waals surface area contributed by atoms with Crippen molar-refractivity contribution in [2.45, 2.75) is 37.4 Å². The first-order valence-corrected chi connectivity index (χ1v) is 8.08. The fourth-order valence-corrected chi connectivity index (χ4v) is 3.56. The maximum atomic E-state index is 12.9. The summed E-state index contributed by atoms with van der Waals surface area (Å²) in [6, 6.07) is 7.79. The molecule has 3 unspecified atom stereocenters. The quantitative estimate of drug-likeness (QED) is 0.906. The molecule has 0 saturated carbocycles. The van der Waals surface area contributed by atoms with Gasteiger partial charge >= 0.3 is 0 Å². The molecule has 6 nitrogen and oxygen atoms in total. The molecule has 2 fully saturated rings. The maximum absolute atomic E-state index is 12.9. The molecule has 0 radical (unpaired) electrons. The minimum atomic E-state index is -0.215. The van der Waals surface area contributed by atoms with E-state index >= 15 is 0 Å². The van der Waals surface area contributed by atoms with Crippen LogP contribution in [0.5, 0.6) is 0 Å². The molecule has 120 valence electrons. The van der Waals surface area contributed by atoms with E-state index in [0.29, 0.717) is 6.42 Å². The minimum Gasteiger partial charge on any atom is -0.468 e. The predicted octanol–water partition coefficient (Wildman–Crippen LogP) is 1.95. The van der Waals surface area contributed by atoms with Crippen LogP contribution in [0, 0.1) is 0 Å². The van der Waals surface area contributed by atoms with Crippen molar-refractivity contribution in [1.29, 1.82) is 0 Å². The van der Waals surface area contributed by atoms with Crippen molar-refractivity contribution < 1.29 is 9.21 Å². The summed E-state index contributed by atoms with van der Waals surface area (Å²) in [5, 5.41) is 0. The van der Waals surface area contributed by atoms with Crippen molar-refractivity contribution in [3.05, 3.63) is 54.2 Å². The number of amides is 1. The Morgan fingerprint density at radius 2 is 2.13 bits per heavy atom. The molecular weight excluding hydrogens is 292 g/mol. The highest BCUT2D eigenvalue weighted by Gasteiger charge is 2.38. The van der Waals surface area contributed by atoms with E-state index in [2.05, 4.69) is 15.8 Å². The average molecular weight is 312 g/mol.